The maximum absolute atomic E-state index is 13.7. The number of para-hydroxylation sites is 2. The number of thioether (sulfide) groups is 1. The van der Waals surface area contributed by atoms with Crippen molar-refractivity contribution in [3.05, 3.63) is 84.4 Å². The van der Waals surface area contributed by atoms with Crippen molar-refractivity contribution >= 4 is 33.4 Å². The summed E-state index contributed by atoms with van der Waals surface area (Å²) in [5.74, 6) is 0.100. The molecule has 1 atom stereocenters. The van der Waals surface area contributed by atoms with Crippen LogP contribution in [0.2, 0.25) is 0 Å². The molecule has 0 aliphatic rings. The second-order valence-electron chi connectivity index (χ2n) is 7.70. The van der Waals surface area contributed by atoms with E-state index >= 15 is 0 Å². The molecule has 0 aliphatic carbocycles. The summed E-state index contributed by atoms with van der Waals surface area (Å²) in [5, 5.41) is 2.89. The average molecular weight is 499 g/mol. The molecule has 0 spiro atoms. The molecule has 34 heavy (non-hydrogen) atoms. The van der Waals surface area contributed by atoms with Crippen molar-refractivity contribution in [1.82, 2.24) is 5.32 Å². The zero-order chi connectivity index (χ0) is 24.6. The third kappa shape index (κ3) is 6.33. The maximum atomic E-state index is 13.7. The van der Waals surface area contributed by atoms with Crippen LogP contribution in [0.3, 0.4) is 0 Å². The molecule has 0 aliphatic heterocycles. The van der Waals surface area contributed by atoms with Crippen molar-refractivity contribution in [3.8, 4) is 5.75 Å². The summed E-state index contributed by atoms with van der Waals surface area (Å²) in [6.07, 6.45) is 1.93. The Kier molecular flexibility index (Phi) is 9.01. The summed E-state index contributed by atoms with van der Waals surface area (Å²) in [6, 6.07) is 23.3. The van der Waals surface area contributed by atoms with E-state index < -0.39 is 15.9 Å². The molecule has 1 N–H and O–H groups in total. The Morgan fingerprint density at radius 2 is 1.65 bits per heavy atom. The van der Waals surface area contributed by atoms with E-state index in [2.05, 4.69) is 5.32 Å². The molecule has 0 fully saturated rings. The van der Waals surface area contributed by atoms with E-state index in [9.17, 15) is 13.2 Å². The number of anilines is 1. The first kappa shape index (κ1) is 25.6. The number of carbonyl (C=O) groups excluding carboxylic acids is 1. The highest BCUT2D eigenvalue weighted by Gasteiger charge is 2.29. The summed E-state index contributed by atoms with van der Waals surface area (Å²) in [6.45, 7) is 4.24. The molecule has 3 aromatic carbocycles. The van der Waals surface area contributed by atoms with Gasteiger partial charge in [-0.15, -0.1) is 11.8 Å². The van der Waals surface area contributed by atoms with Gasteiger partial charge >= 0.3 is 0 Å². The van der Waals surface area contributed by atoms with Gasteiger partial charge in [0.1, 0.15) is 12.3 Å². The standard InChI is InChI=1S/C26H30N2O4S2/c1-4-32-25-13-9-8-12-24(25)28(34(30,31)23-16-14-22(33-3)15-17-23)19-26(29)27-18-20(2)21-10-6-5-7-11-21/h5-17,20H,4,18-19H2,1-3H3,(H,27,29)/t20-/m0/s1. The number of sulfonamides is 1. The molecule has 0 aromatic heterocycles. The number of hydrogen-bond acceptors (Lipinski definition) is 5. The molecule has 1 amide bonds. The highest BCUT2D eigenvalue weighted by Crippen LogP contribution is 2.33. The molecule has 0 heterocycles. The van der Waals surface area contributed by atoms with Gasteiger partial charge in [0.15, 0.2) is 0 Å². The molecule has 0 saturated heterocycles. The van der Waals surface area contributed by atoms with Gasteiger partial charge in [0.2, 0.25) is 5.91 Å². The van der Waals surface area contributed by atoms with E-state index in [-0.39, 0.29) is 17.4 Å². The zero-order valence-electron chi connectivity index (χ0n) is 19.6. The van der Waals surface area contributed by atoms with Gasteiger partial charge < -0.3 is 10.1 Å². The van der Waals surface area contributed by atoms with Crippen LogP contribution in [0, 0.1) is 0 Å². The van der Waals surface area contributed by atoms with Crippen molar-refractivity contribution in [2.45, 2.75) is 29.6 Å². The molecule has 0 bridgehead atoms. The first-order chi connectivity index (χ1) is 16.4. The van der Waals surface area contributed by atoms with Crippen molar-refractivity contribution in [2.24, 2.45) is 0 Å². The fourth-order valence-corrected chi connectivity index (χ4v) is 5.31. The van der Waals surface area contributed by atoms with Gasteiger partial charge in [0.05, 0.1) is 17.2 Å². The van der Waals surface area contributed by atoms with E-state index in [1.54, 1.807) is 48.5 Å². The molecule has 0 unspecified atom stereocenters. The summed E-state index contributed by atoms with van der Waals surface area (Å²) in [5.41, 5.74) is 1.42. The van der Waals surface area contributed by atoms with Gasteiger partial charge in [-0.2, -0.15) is 0 Å². The first-order valence-corrected chi connectivity index (χ1v) is 13.7. The van der Waals surface area contributed by atoms with E-state index in [4.69, 9.17) is 4.74 Å². The lowest BCUT2D eigenvalue weighted by molar-refractivity contribution is -0.119. The van der Waals surface area contributed by atoms with Gasteiger partial charge in [-0.3, -0.25) is 9.10 Å². The zero-order valence-corrected chi connectivity index (χ0v) is 21.2. The third-order valence-corrected chi connectivity index (χ3v) is 7.86. The van der Waals surface area contributed by atoms with Gasteiger partial charge in [-0.1, -0.05) is 49.4 Å². The van der Waals surface area contributed by atoms with Crippen LogP contribution >= 0.6 is 11.8 Å². The lowest BCUT2D eigenvalue weighted by Gasteiger charge is -2.26. The van der Waals surface area contributed by atoms with Crippen molar-refractivity contribution in [3.63, 3.8) is 0 Å². The van der Waals surface area contributed by atoms with Gasteiger partial charge in [-0.25, -0.2) is 8.42 Å². The second kappa shape index (κ2) is 11.9. The van der Waals surface area contributed by atoms with E-state index in [1.807, 2.05) is 50.4 Å². The number of nitrogens with zero attached hydrogens (tertiary/aromatic N) is 1. The molecule has 3 rings (SSSR count). The molecular formula is C26H30N2O4S2. The minimum absolute atomic E-state index is 0.0880. The monoisotopic (exact) mass is 498 g/mol. The Hall–Kier alpha value is -2.97. The number of benzene rings is 3. The van der Waals surface area contributed by atoms with Gasteiger partial charge in [0.25, 0.3) is 10.0 Å². The van der Waals surface area contributed by atoms with Crippen molar-refractivity contribution in [2.75, 3.05) is 30.3 Å². The average Bonchev–Trinajstić information content (AvgIpc) is 2.87. The smallest absolute Gasteiger partial charge is 0.264 e. The highest BCUT2D eigenvalue weighted by atomic mass is 32.2. The Morgan fingerprint density at radius 1 is 1.00 bits per heavy atom. The minimum Gasteiger partial charge on any atom is -0.492 e. The van der Waals surface area contributed by atoms with Gasteiger partial charge in [-0.05, 0) is 61.1 Å². The van der Waals surface area contributed by atoms with Crippen LogP contribution < -0.4 is 14.4 Å². The summed E-state index contributed by atoms with van der Waals surface area (Å²) in [4.78, 5) is 14.0. The molecule has 0 saturated carbocycles. The first-order valence-electron chi connectivity index (χ1n) is 11.1. The molecule has 8 heteroatoms. The van der Waals surface area contributed by atoms with Crippen LogP contribution in [-0.4, -0.2) is 40.3 Å². The largest absolute Gasteiger partial charge is 0.492 e. The van der Waals surface area contributed by atoms with Crippen LogP contribution in [-0.2, 0) is 14.8 Å². The fraction of sp³-hybridized carbons (Fsp3) is 0.269. The molecule has 3 aromatic rings. The fourth-order valence-electron chi connectivity index (χ4n) is 3.47. The number of carbonyl (C=O) groups is 1. The summed E-state index contributed by atoms with van der Waals surface area (Å²) in [7, 11) is -4.02. The molecular weight excluding hydrogens is 468 g/mol. The predicted octanol–water partition coefficient (Wildman–Crippen LogP) is 4.92. The maximum Gasteiger partial charge on any atom is 0.264 e. The highest BCUT2D eigenvalue weighted by molar-refractivity contribution is 7.98. The number of amides is 1. The van der Waals surface area contributed by atoms with Crippen LogP contribution in [0.25, 0.3) is 0 Å². The Morgan fingerprint density at radius 3 is 2.29 bits per heavy atom. The van der Waals surface area contributed by atoms with Crippen LogP contribution in [0.5, 0.6) is 5.75 Å². The lowest BCUT2D eigenvalue weighted by Crippen LogP contribution is -2.42. The number of hydrogen-bond donors (Lipinski definition) is 1. The third-order valence-electron chi connectivity index (χ3n) is 5.34. The Bertz CT molecular complexity index is 1180. The van der Waals surface area contributed by atoms with E-state index in [0.29, 0.717) is 24.6 Å². The molecule has 6 nitrogen and oxygen atoms in total. The van der Waals surface area contributed by atoms with Crippen molar-refractivity contribution in [1.29, 1.82) is 0 Å². The predicted molar refractivity (Wildman–Crippen MR) is 138 cm³/mol. The van der Waals surface area contributed by atoms with Crippen LogP contribution in [0.1, 0.15) is 25.3 Å². The lowest BCUT2D eigenvalue weighted by atomic mass is 10.0. The van der Waals surface area contributed by atoms with E-state index in [0.717, 1.165) is 14.8 Å². The van der Waals surface area contributed by atoms with Crippen molar-refractivity contribution < 1.29 is 17.9 Å². The van der Waals surface area contributed by atoms with E-state index in [1.165, 1.54) is 11.8 Å². The molecule has 180 valence electrons. The Labute approximate surface area is 206 Å². The second-order valence-corrected chi connectivity index (χ2v) is 10.4. The normalized spacial score (nSPS) is 12.1. The number of rotatable bonds is 11. The van der Waals surface area contributed by atoms with Crippen LogP contribution in [0.15, 0.2) is 88.7 Å². The summed E-state index contributed by atoms with van der Waals surface area (Å²) < 4.78 is 34.1. The van der Waals surface area contributed by atoms with Gasteiger partial charge in [0, 0.05) is 11.4 Å². The summed E-state index contributed by atoms with van der Waals surface area (Å²) >= 11 is 1.53. The quantitative estimate of drug-likeness (QED) is 0.380. The molecule has 0 radical (unpaired) electrons. The number of nitrogens with one attached hydrogen (secondary N) is 1. The minimum atomic E-state index is -4.02. The Balaban J connectivity index is 1.88. The topological polar surface area (TPSA) is 75.7 Å². The van der Waals surface area contributed by atoms with Crippen LogP contribution in [0.4, 0.5) is 5.69 Å². The SMILES string of the molecule is CCOc1ccccc1N(CC(=O)NC[C@H](C)c1ccccc1)S(=O)(=O)c1ccc(SC)cc1. The number of ether oxygens (including phenoxy) is 1.